The molecule has 5 heteroatoms. The lowest BCUT2D eigenvalue weighted by atomic mass is 9.88. The molecule has 0 saturated carbocycles. The number of aliphatic hydroxyl groups is 1. The van der Waals surface area contributed by atoms with Gasteiger partial charge >= 0.3 is 0 Å². The minimum atomic E-state index is -1.86. The Balaban J connectivity index is 1.97. The summed E-state index contributed by atoms with van der Waals surface area (Å²) in [5.41, 5.74) is -0.413. The molecule has 2 aromatic carbocycles. The summed E-state index contributed by atoms with van der Waals surface area (Å²) in [5, 5.41) is 11.5. The van der Waals surface area contributed by atoms with Crippen LogP contribution in [-0.4, -0.2) is 23.3 Å². The summed E-state index contributed by atoms with van der Waals surface area (Å²) >= 11 is 5.83. The molecule has 3 rings (SSSR count). The van der Waals surface area contributed by atoms with E-state index in [2.05, 4.69) is 6.58 Å². The summed E-state index contributed by atoms with van der Waals surface area (Å²) in [6.07, 6.45) is 1.26. The molecule has 0 aromatic heterocycles. The molecule has 0 spiro atoms. The van der Waals surface area contributed by atoms with Crippen molar-refractivity contribution in [3.63, 3.8) is 0 Å². The van der Waals surface area contributed by atoms with Crippen molar-refractivity contribution >= 4 is 29.0 Å². The van der Waals surface area contributed by atoms with Crippen LogP contribution in [-0.2, 0) is 10.4 Å². The van der Waals surface area contributed by atoms with Crippen molar-refractivity contribution < 1.29 is 14.7 Å². The smallest absolute Gasteiger partial charge is 0.264 e. The number of ketones is 1. The standard InChI is InChI=1S/C19H16ClNO3/c1-2-11-21-16-6-4-3-5-15(16)19(24,18(21)23)12-17(22)13-7-9-14(20)10-8-13/h2-10,24H,1,11-12H2/t19-/m1/s1. The van der Waals surface area contributed by atoms with E-state index in [9.17, 15) is 14.7 Å². The summed E-state index contributed by atoms with van der Waals surface area (Å²) < 4.78 is 0. The van der Waals surface area contributed by atoms with Crippen LogP contribution in [0.15, 0.2) is 61.2 Å². The number of carbonyl (C=O) groups is 2. The molecule has 1 aliphatic heterocycles. The lowest BCUT2D eigenvalue weighted by molar-refractivity contribution is -0.135. The molecule has 1 aliphatic rings. The van der Waals surface area contributed by atoms with E-state index in [0.29, 0.717) is 21.8 Å². The molecular weight excluding hydrogens is 326 g/mol. The number of benzene rings is 2. The molecule has 1 N–H and O–H groups in total. The Morgan fingerprint density at radius 1 is 1.21 bits per heavy atom. The van der Waals surface area contributed by atoms with E-state index in [1.54, 1.807) is 54.6 Å². The highest BCUT2D eigenvalue weighted by molar-refractivity contribution is 6.30. The second kappa shape index (κ2) is 6.23. The number of rotatable bonds is 5. The maximum absolute atomic E-state index is 12.7. The Bertz CT molecular complexity index is 816. The number of hydrogen-bond acceptors (Lipinski definition) is 3. The number of hydrogen-bond donors (Lipinski definition) is 1. The molecular formula is C19H16ClNO3. The van der Waals surface area contributed by atoms with Gasteiger partial charge in [-0.15, -0.1) is 6.58 Å². The monoisotopic (exact) mass is 341 g/mol. The number of halogens is 1. The zero-order chi connectivity index (χ0) is 17.3. The van der Waals surface area contributed by atoms with Gasteiger partial charge in [-0.3, -0.25) is 9.59 Å². The largest absolute Gasteiger partial charge is 0.375 e. The highest BCUT2D eigenvalue weighted by Gasteiger charge is 2.50. The summed E-state index contributed by atoms with van der Waals surface area (Å²) in [6, 6.07) is 13.3. The molecule has 0 unspecified atom stereocenters. The van der Waals surface area contributed by atoms with Crippen LogP contribution in [0.3, 0.4) is 0 Å². The van der Waals surface area contributed by atoms with Crippen LogP contribution in [0.4, 0.5) is 5.69 Å². The molecule has 0 bridgehead atoms. The van der Waals surface area contributed by atoms with Crippen molar-refractivity contribution in [2.45, 2.75) is 12.0 Å². The number of para-hydroxylation sites is 1. The maximum Gasteiger partial charge on any atom is 0.264 e. The SMILES string of the molecule is C=CCN1C(=O)[C@@](O)(CC(=O)c2ccc(Cl)cc2)c2ccccc21. The lowest BCUT2D eigenvalue weighted by Gasteiger charge is -2.22. The molecule has 2 aromatic rings. The molecule has 0 fully saturated rings. The zero-order valence-corrected chi connectivity index (χ0v) is 13.7. The Labute approximate surface area is 145 Å². The third-order valence-corrected chi connectivity index (χ3v) is 4.39. The van der Waals surface area contributed by atoms with E-state index >= 15 is 0 Å². The van der Waals surface area contributed by atoms with Gasteiger partial charge in [0.15, 0.2) is 11.4 Å². The number of amides is 1. The first-order valence-electron chi connectivity index (χ1n) is 7.51. The van der Waals surface area contributed by atoms with Crippen LogP contribution < -0.4 is 4.90 Å². The van der Waals surface area contributed by atoms with Crippen LogP contribution in [0.1, 0.15) is 22.3 Å². The van der Waals surface area contributed by atoms with Gasteiger partial charge in [-0.05, 0) is 30.3 Å². The van der Waals surface area contributed by atoms with E-state index in [1.807, 2.05) is 0 Å². The minimum Gasteiger partial charge on any atom is -0.375 e. The molecule has 0 radical (unpaired) electrons. The summed E-state index contributed by atoms with van der Waals surface area (Å²) in [7, 11) is 0. The first kappa shape index (κ1) is 16.4. The Hall–Kier alpha value is -2.43. The van der Waals surface area contributed by atoms with E-state index < -0.39 is 11.5 Å². The average molecular weight is 342 g/mol. The molecule has 1 atom stereocenters. The van der Waals surface area contributed by atoms with E-state index in [1.165, 1.54) is 4.90 Å². The van der Waals surface area contributed by atoms with Crippen molar-refractivity contribution in [3.05, 3.63) is 77.3 Å². The Morgan fingerprint density at radius 3 is 2.54 bits per heavy atom. The molecule has 1 heterocycles. The topological polar surface area (TPSA) is 57.6 Å². The van der Waals surface area contributed by atoms with Crippen LogP contribution >= 0.6 is 11.6 Å². The van der Waals surface area contributed by atoms with Gasteiger partial charge in [-0.25, -0.2) is 0 Å². The predicted molar refractivity (Wildman–Crippen MR) is 93.3 cm³/mol. The highest BCUT2D eigenvalue weighted by atomic mass is 35.5. The second-order valence-electron chi connectivity index (χ2n) is 5.69. The third-order valence-electron chi connectivity index (χ3n) is 4.13. The number of anilines is 1. The van der Waals surface area contributed by atoms with Gasteiger partial charge in [-0.1, -0.05) is 35.9 Å². The average Bonchev–Trinajstić information content (AvgIpc) is 2.78. The summed E-state index contributed by atoms with van der Waals surface area (Å²) in [6.45, 7) is 3.91. The lowest BCUT2D eigenvalue weighted by Crippen LogP contribution is -2.41. The number of nitrogens with zero attached hydrogens (tertiary/aromatic N) is 1. The predicted octanol–water partition coefficient (Wildman–Crippen LogP) is 3.33. The number of fused-ring (bicyclic) bond motifs is 1. The van der Waals surface area contributed by atoms with Crippen LogP contribution in [0, 0.1) is 0 Å². The molecule has 122 valence electrons. The Morgan fingerprint density at radius 2 is 1.88 bits per heavy atom. The quantitative estimate of drug-likeness (QED) is 0.670. The first-order chi connectivity index (χ1) is 11.5. The van der Waals surface area contributed by atoms with Gasteiger partial charge in [0.2, 0.25) is 0 Å². The van der Waals surface area contributed by atoms with Gasteiger partial charge in [0, 0.05) is 22.7 Å². The third kappa shape index (κ3) is 2.64. The second-order valence-corrected chi connectivity index (χ2v) is 6.13. The van der Waals surface area contributed by atoms with E-state index in [-0.39, 0.29) is 18.7 Å². The van der Waals surface area contributed by atoms with Gasteiger partial charge in [-0.2, -0.15) is 0 Å². The van der Waals surface area contributed by atoms with Crippen LogP contribution in [0.5, 0.6) is 0 Å². The fourth-order valence-corrected chi connectivity index (χ4v) is 3.08. The molecule has 1 amide bonds. The normalized spacial score (nSPS) is 19.2. The molecule has 0 aliphatic carbocycles. The molecule has 24 heavy (non-hydrogen) atoms. The van der Waals surface area contributed by atoms with Crippen molar-refractivity contribution in [1.29, 1.82) is 0 Å². The maximum atomic E-state index is 12.7. The van der Waals surface area contributed by atoms with Gasteiger partial charge in [0.05, 0.1) is 12.1 Å². The van der Waals surface area contributed by atoms with E-state index in [0.717, 1.165) is 0 Å². The first-order valence-corrected chi connectivity index (χ1v) is 7.88. The fourth-order valence-electron chi connectivity index (χ4n) is 2.96. The minimum absolute atomic E-state index is 0.271. The number of Topliss-reactive ketones (excluding diaryl/α,β-unsaturated/α-hetero) is 1. The fraction of sp³-hybridized carbons (Fsp3) is 0.158. The van der Waals surface area contributed by atoms with Crippen molar-refractivity contribution in [2.24, 2.45) is 0 Å². The van der Waals surface area contributed by atoms with Crippen LogP contribution in [0.2, 0.25) is 5.02 Å². The number of carbonyl (C=O) groups excluding carboxylic acids is 2. The van der Waals surface area contributed by atoms with Gasteiger partial charge < -0.3 is 10.0 Å². The van der Waals surface area contributed by atoms with Crippen LogP contribution in [0.25, 0.3) is 0 Å². The van der Waals surface area contributed by atoms with Gasteiger partial charge in [0.1, 0.15) is 0 Å². The van der Waals surface area contributed by atoms with Crippen molar-refractivity contribution in [2.75, 3.05) is 11.4 Å². The molecule has 4 nitrogen and oxygen atoms in total. The molecule has 0 saturated heterocycles. The zero-order valence-electron chi connectivity index (χ0n) is 12.9. The van der Waals surface area contributed by atoms with Crippen molar-refractivity contribution in [1.82, 2.24) is 0 Å². The summed E-state index contributed by atoms with van der Waals surface area (Å²) in [5.74, 6) is -0.830. The van der Waals surface area contributed by atoms with Crippen molar-refractivity contribution in [3.8, 4) is 0 Å². The highest BCUT2D eigenvalue weighted by Crippen LogP contribution is 2.42. The van der Waals surface area contributed by atoms with E-state index in [4.69, 9.17) is 11.6 Å². The Kier molecular flexibility index (Phi) is 4.26. The summed E-state index contributed by atoms with van der Waals surface area (Å²) in [4.78, 5) is 26.7. The van der Waals surface area contributed by atoms with Gasteiger partial charge in [0.25, 0.3) is 5.91 Å².